The number of pyridine rings is 1. The average molecular weight is 245 g/mol. The van der Waals surface area contributed by atoms with Crippen molar-refractivity contribution in [2.24, 2.45) is 0 Å². The van der Waals surface area contributed by atoms with Gasteiger partial charge in [-0.1, -0.05) is 6.07 Å². The maximum atomic E-state index is 4.45. The van der Waals surface area contributed by atoms with Gasteiger partial charge in [0.05, 0.1) is 5.01 Å². The van der Waals surface area contributed by atoms with E-state index in [1.807, 2.05) is 30.6 Å². The van der Waals surface area contributed by atoms with Crippen LogP contribution in [0.25, 0.3) is 0 Å². The summed E-state index contributed by atoms with van der Waals surface area (Å²) in [6.07, 6.45) is 7.32. The molecule has 2 aromatic rings. The first kappa shape index (κ1) is 10.9. The molecule has 0 saturated heterocycles. The summed E-state index contributed by atoms with van der Waals surface area (Å²) >= 11 is 1.78. The second kappa shape index (κ2) is 4.94. The molecule has 1 aliphatic rings. The maximum absolute atomic E-state index is 4.45. The zero-order valence-electron chi connectivity index (χ0n) is 9.60. The molecule has 0 unspecified atom stereocenters. The first-order chi connectivity index (χ1) is 8.40. The van der Waals surface area contributed by atoms with Gasteiger partial charge in [0.25, 0.3) is 0 Å². The molecule has 3 nitrogen and oxygen atoms in total. The van der Waals surface area contributed by atoms with Crippen LogP contribution in [0.4, 0.5) is 0 Å². The molecule has 1 aliphatic carbocycles. The molecule has 2 heterocycles. The fourth-order valence-corrected chi connectivity index (χ4v) is 2.59. The number of thiazole rings is 1. The third-order valence-corrected chi connectivity index (χ3v) is 3.80. The van der Waals surface area contributed by atoms with Crippen LogP contribution in [0.15, 0.2) is 30.6 Å². The van der Waals surface area contributed by atoms with Crippen molar-refractivity contribution in [2.45, 2.75) is 31.8 Å². The summed E-state index contributed by atoms with van der Waals surface area (Å²) in [4.78, 5) is 10.1. The average Bonchev–Trinajstić information content (AvgIpc) is 3.09. The number of hydrogen-bond donors (Lipinski definition) is 1. The minimum absolute atomic E-state index is 0.761. The Kier molecular flexibility index (Phi) is 3.16. The highest BCUT2D eigenvalue weighted by Gasteiger charge is 2.20. The Morgan fingerprint density at radius 3 is 3.00 bits per heavy atom. The van der Waals surface area contributed by atoms with Gasteiger partial charge in [-0.15, -0.1) is 11.3 Å². The normalized spacial score (nSPS) is 15.1. The van der Waals surface area contributed by atoms with Gasteiger partial charge in [-0.05, 0) is 25.0 Å². The van der Waals surface area contributed by atoms with E-state index in [0.29, 0.717) is 0 Å². The predicted molar refractivity (Wildman–Crippen MR) is 69.0 cm³/mol. The summed E-state index contributed by atoms with van der Waals surface area (Å²) in [6.45, 7) is 0.963. The van der Waals surface area contributed by atoms with Crippen molar-refractivity contribution in [3.05, 3.63) is 46.2 Å². The molecule has 0 atom stereocenters. The molecule has 0 bridgehead atoms. The molecule has 0 aromatic carbocycles. The number of nitrogens with zero attached hydrogens (tertiary/aromatic N) is 2. The van der Waals surface area contributed by atoms with Crippen molar-refractivity contribution in [3.8, 4) is 0 Å². The van der Waals surface area contributed by atoms with Gasteiger partial charge in [0.15, 0.2) is 0 Å². The second-order valence-corrected chi connectivity index (χ2v) is 5.57. The van der Waals surface area contributed by atoms with Crippen LogP contribution in [-0.4, -0.2) is 16.0 Å². The van der Waals surface area contributed by atoms with Crippen molar-refractivity contribution >= 4 is 11.3 Å². The zero-order chi connectivity index (χ0) is 11.5. The van der Waals surface area contributed by atoms with Crippen LogP contribution in [0.2, 0.25) is 0 Å². The van der Waals surface area contributed by atoms with Gasteiger partial charge in [-0.3, -0.25) is 4.98 Å². The Balaban J connectivity index is 1.59. The topological polar surface area (TPSA) is 37.8 Å². The Labute approximate surface area is 105 Å². The lowest BCUT2D eigenvalue weighted by atomic mass is 10.3. The molecule has 0 aliphatic heterocycles. The van der Waals surface area contributed by atoms with E-state index in [1.165, 1.54) is 17.7 Å². The molecule has 1 saturated carbocycles. The number of rotatable bonds is 5. The SMILES string of the molecule is c1ccc(Cc2ncc(CNC3CC3)s2)nc1. The minimum Gasteiger partial charge on any atom is -0.309 e. The fraction of sp³-hybridized carbons (Fsp3) is 0.385. The van der Waals surface area contributed by atoms with E-state index in [2.05, 4.69) is 15.3 Å². The van der Waals surface area contributed by atoms with Gasteiger partial charge in [-0.25, -0.2) is 4.98 Å². The monoisotopic (exact) mass is 245 g/mol. The number of hydrogen-bond acceptors (Lipinski definition) is 4. The Morgan fingerprint density at radius 2 is 2.24 bits per heavy atom. The van der Waals surface area contributed by atoms with Crippen molar-refractivity contribution in [1.82, 2.24) is 15.3 Å². The Hall–Kier alpha value is -1.26. The minimum atomic E-state index is 0.761. The lowest BCUT2D eigenvalue weighted by Crippen LogP contribution is -2.14. The molecule has 0 radical (unpaired) electrons. The first-order valence-electron chi connectivity index (χ1n) is 5.97. The molecular weight excluding hydrogens is 230 g/mol. The molecule has 17 heavy (non-hydrogen) atoms. The smallest absolute Gasteiger partial charge is 0.0987 e. The van der Waals surface area contributed by atoms with Gasteiger partial charge >= 0.3 is 0 Å². The van der Waals surface area contributed by atoms with Crippen LogP contribution in [0, 0.1) is 0 Å². The van der Waals surface area contributed by atoms with E-state index in [4.69, 9.17) is 0 Å². The highest BCUT2D eigenvalue weighted by atomic mass is 32.1. The fourth-order valence-electron chi connectivity index (χ4n) is 1.70. The quantitative estimate of drug-likeness (QED) is 0.879. The molecule has 1 N–H and O–H groups in total. The lowest BCUT2D eigenvalue weighted by molar-refractivity contribution is 0.694. The summed E-state index contributed by atoms with van der Waals surface area (Å²) < 4.78 is 0. The van der Waals surface area contributed by atoms with Crippen LogP contribution in [0.5, 0.6) is 0 Å². The Morgan fingerprint density at radius 1 is 1.29 bits per heavy atom. The molecule has 88 valence electrons. The van der Waals surface area contributed by atoms with Crippen molar-refractivity contribution < 1.29 is 0 Å². The van der Waals surface area contributed by atoms with Gasteiger partial charge in [0.2, 0.25) is 0 Å². The number of aromatic nitrogens is 2. The Bertz CT molecular complexity index is 476. The zero-order valence-corrected chi connectivity index (χ0v) is 10.4. The van der Waals surface area contributed by atoms with Gasteiger partial charge < -0.3 is 5.32 Å². The van der Waals surface area contributed by atoms with Gasteiger partial charge in [-0.2, -0.15) is 0 Å². The van der Waals surface area contributed by atoms with Gasteiger partial charge in [0, 0.05) is 42.0 Å². The van der Waals surface area contributed by atoms with Crippen LogP contribution < -0.4 is 5.32 Å². The summed E-state index contributed by atoms with van der Waals surface area (Å²) in [5.74, 6) is 0. The second-order valence-electron chi connectivity index (χ2n) is 4.37. The first-order valence-corrected chi connectivity index (χ1v) is 6.79. The van der Waals surface area contributed by atoms with Gasteiger partial charge in [0.1, 0.15) is 0 Å². The van der Waals surface area contributed by atoms with Crippen molar-refractivity contribution in [1.29, 1.82) is 0 Å². The highest BCUT2D eigenvalue weighted by molar-refractivity contribution is 7.11. The maximum Gasteiger partial charge on any atom is 0.0987 e. The largest absolute Gasteiger partial charge is 0.309 e. The van der Waals surface area contributed by atoms with Crippen molar-refractivity contribution in [2.75, 3.05) is 0 Å². The van der Waals surface area contributed by atoms with E-state index in [-0.39, 0.29) is 0 Å². The van der Waals surface area contributed by atoms with E-state index >= 15 is 0 Å². The summed E-state index contributed by atoms with van der Waals surface area (Å²) in [5, 5.41) is 4.65. The third kappa shape index (κ3) is 3.11. The summed E-state index contributed by atoms with van der Waals surface area (Å²) in [7, 11) is 0. The standard InChI is InChI=1S/C13H15N3S/c1-2-6-14-11(3-1)7-13-16-9-12(17-13)8-15-10-4-5-10/h1-3,6,9-10,15H,4-5,7-8H2. The molecule has 0 amide bonds. The third-order valence-electron chi connectivity index (χ3n) is 2.80. The van der Waals surface area contributed by atoms with Crippen LogP contribution in [0.1, 0.15) is 28.4 Å². The highest BCUT2D eigenvalue weighted by Crippen LogP contribution is 2.21. The number of nitrogens with one attached hydrogen (secondary N) is 1. The van der Waals surface area contributed by atoms with E-state index in [9.17, 15) is 0 Å². The molecule has 1 fully saturated rings. The molecule has 3 rings (SSSR count). The predicted octanol–water partition coefficient (Wildman–Crippen LogP) is 2.38. The van der Waals surface area contributed by atoms with E-state index in [1.54, 1.807) is 11.3 Å². The molecule has 0 spiro atoms. The summed E-state index contributed by atoms with van der Waals surface area (Å²) in [6, 6.07) is 6.77. The molecule has 2 aromatic heterocycles. The van der Waals surface area contributed by atoms with Crippen LogP contribution in [0.3, 0.4) is 0 Å². The van der Waals surface area contributed by atoms with E-state index in [0.717, 1.165) is 29.7 Å². The molecular formula is C13H15N3S. The lowest BCUT2D eigenvalue weighted by Gasteiger charge is -1.97. The van der Waals surface area contributed by atoms with Crippen LogP contribution >= 0.6 is 11.3 Å². The van der Waals surface area contributed by atoms with E-state index < -0.39 is 0 Å². The molecule has 4 heteroatoms. The van der Waals surface area contributed by atoms with Crippen molar-refractivity contribution in [3.63, 3.8) is 0 Å². The summed E-state index contributed by atoms with van der Waals surface area (Å²) in [5.41, 5.74) is 1.09. The van der Waals surface area contributed by atoms with Crippen LogP contribution in [-0.2, 0) is 13.0 Å².